The average molecular weight is 912 g/mol. The first-order valence-corrected chi connectivity index (χ1v) is 26.4. The highest BCUT2D eigenvalue weighted by Gasteiger charge is 2.41. The minimum absolute atomic E-state index is 0.298. The van der Waals surface area contributed by atoms with Crippen LogP contribution in [-0.4, -0.2) is 12.6 Å². The van der Waals surface area contributed by atoms with Gasteiger partial charge in [-0.1, -0.05) is 194 Å². The molecule has 1 N–H and O–H groups in total. The van der Waals surface area contributed by atoms with E-state index in [0.29, 0.717) is 5.92 Å². The number of benzene rings is 10. The van der Waals surface area contributed by atoms with Crippen molar-refractivity contribution >= 4 is 84.6 Å². The highest BCUT2D eigenvalue weighted by Crippen LogP contribution is 2.43. The topological polar surface area (TPSA) is 20.2 Å². The zero-order valence-electron chi connectivity index (χ0n) is 38.7. The maximum Gasteiger partial charge on any atom is 0.179 e. The Morgan fingerprint density at radius 2 is 0.914 bits per heavy atom. The third kappa shape index (κ3) is 7.03. The number of aromatic nitrogens is 1. The van der Waals surface area contributed by atoms with Crippen molar-refractivity contribution in [3.63, 3.8) is 0 Å². The second kappa shape index (κ2) is 17.4. The monoisotopic (exact) mass is 911 g/mol. The van der Waals surface area contributed by atoms with Crippen molar-refractivity contribution in [1.29, 1.82) is 0 Å². The Morgan fingerprint density at radius 3 is 1.51 bits per heavy atom. The molecule has 3 nitrogen and oxygen atoms in total. The number of anilines is 5. The van der Waals surface area contributed by atoms with Crippen molar-refractivity contribution < 1.29 is 0 Å². The number of allylic oxidation sites excluding steroid dienone is 4. The molecule has 2 bridgehead atoms. The highest BCUT2D eigenvalue weighted by atomic mass is 28.3. The third-order valence-electron chi connectivity index (χ3n) is 14.6. The lowest BCUT2D eigenvalue weighted by molar-refractivity contribution is 0.858. The van der Waals surface area contributed by atoms with Crippen molar-refractivity contribution in [2.45, 2.75) is 12.3 Å². The molecular formula is C66H49N3Si. The first-order chi connectivity index (χ1) is 34.7. The quantitative estimate of drug-likeness (QED) is 0.115. The Kier molecular flexibility index (Phi) is 10.3. The van der Waals surface area contributed by atoms with E-state index in [1.807, 2.05) is 0 Å². The largest absolute Gasteiger partial charge is 0.355 e. The molecule has 1 unspecified atom stereocenters. The number of fused-ring (bicyclic) bond motifs is 8. The number of hydrogen-bond acceptors (Lipinski definition) is 2. The zero-order valence-corrected chi connectivity index (χ0v) is 39.7. The van der Waals surface area contributed by atoms with Gasteiger partial charge in [0.15, 0.2) is 8.07 Å². The average Bonchev–Trinajstić information content (AvgIpc) is 3.77. The summed E-state index contributed by atoms with van der Waals surface area (Å²) in [6, 6.07) is 94.2. The molecule has 332 valence electrons. The predicted octanol–water partition coefficient (Wildman–Crippen LogP) is 14.5. The molecule has 1 atom stereocenters. The van der Waals surface area contributed by atoms with Gasteiger partial charge in [0.1, 0.15) is 0 Å². The second-order valence-electron chi connectivity index (χ2n) is 18.5. The molecule has 11 aromatic rings. The van der Waals surface area contributed by atoms with Gasteiger partial charge < -0.3 is 14.8 Å². The summed E-state index contributed by atoms with van der Waals surface area (Å²) in [4.78, 5) is 2.41. The summed E-state index contributed by atoms with van der Waals surface area (Å²) in [6.45, 7) is 0. The van der Waals surface area contributed by atoms with Crippen molar-refractivity contribution in [2.24, 2.45) is 0 Å². The Labute approximate surface area is 410 Å². The van der Waals surface area contributed by atoms with E-state index in [1.54, 1.807) is 0 Å². The smallest absolute Gasteiger partial charge is 0.179 e. The van der Waals surface area contributed by atoms with Crippen molar-refractivity contribution in [3.8, 4) is 16.8 Å². The zero-order chi connectivity index (χ0) is 46.4. The molecule has 1 aliphatic heterocycles. The van der Waals surface area contributed by atoms with Gasteiger partial charge in [-0.15, -0.1) is 0 Å². The summed E-state index contributed by atoms with van der Waals surface area (Å²) in [6.07, 6.45) is 8.04. The van der Waals surface area contributed by atoms with Gasteiger partial charge in [0.25, 0.3) is 0 Å². The van der Waals surface area contributed by atoms with Crippen LogP contribution in [0.15, 0.2) is 273 Å². The van der Waals surface area contributed by atoms with Gasteiger partial charge in [0.2, 0.25) is 0 Å². The normalized spacial score (nSPS) is 13.9. The minimum Gasteiger partial charge on any atom is -0.355 e. The number of nitrogens with one attached hydrogen (secondary N) is 1. The number of hydrogen-bond donors (Lipinski definition) is 1. The van der Waals surface area contributed by atoms with E-state index in [2.05, 4.69) is 288 Å². The maximum absolute atomic E-state index is 3.80. The fraction of sp³-hybridized carbons (Fsp3) is 0.0303. The Hall–Kier alpha value is -8.70. The van der Waals surface area contributed by atoms with Crippen molar-refractivity contribution in [1.82, 2.24) is 4.57 Å². The molecule has 2 heterocycles. The molecule has 13 rings (SSSR count). The lowest BCUT2D eigenvalue weighted by atomic mass is 9.83. The summed E-state index contributed by atoms with van der Waals surface area (Å²) in [5.74, 6) is 0.298. The molecule has 4 heteroatoms. The van der Waals surface area contributed by atoms with Crippen LogP contribution in [0.2, 0.25) is 0 Å². The van der Waals surface area contributed by atoms with E-state index >= 15 is 0 Å². The van der Waals surface area contributed by atoms with E-state index in [1.165, 1.54) is 76.1 Å². The van der Waals surface area contributed by atoms with E-state index in [4.69, 9.17) is 0 Å². The van der Waals surface area contributed by atoms with E-state index < -0.39 is 8.07 Å². The molecule has 0 amide bonds. The molecule has 0 saturated heterocycles. The van der Waals surface area contributed by atoms with Crippen LogP contribution in [0.3, 0.4) is 0 Å². The SMILES string of the molecule is C1=CC2=CC(C1)c1cc(-c3ccc(N(c4ccc(-n5c6ccccc6c6ccccc65)cc4)c4ccc([Si](c5ccccc5)(c5ccccc5)c5ccccc5)cc4)cc3)ccc1Nc1ccccc12. The van der Waals surface area contributed by atoms with Gasteiger partial charge in [-0.05, 0) is 128 Å². The molecule has 0 fully saturated rings. The summed E-state index contributed by atoms with van der Waals surface area (Å²) in [5, 5.41) is 11.7. The van der Waals surface area contributed by atoms with Crippen LogP contribution in [0.1, 0.15) is 23.5 Å². The molecule has 2 aliphatic rings. The maximum atomic E-state index is 3.80. The molecule has 70 heavy (non-hydrogen) atoms. The molecule has 1 aliphatic carbocycles. The summed E-state index contributed by atoms with van der Waals surface area (Å²) in [7, 11) is -2.72. The predicted molar refractivity (Wildman–Crippen MR) is 299 cm³/mol. The van der Waals surface area contributed by atoms with Gasteiger partial charge in [0.05, 0.1) is 11.0 Å². The molecule has 10 aromatic carbocycles. The van der Waals surface area contributed by atoms with E-state index in [0.717, 1.165) is 34.9 Å². The first-order valence-electron chi connectivity index (χ1n) is 24.4. The number of rotatable bonds is 9. The van der Waals surface area contributed by atoms with Crippen LogP contribution in [0.25, 0.3) is 44.2 Å². The highest BCUT2D eigenvalue weighted by molar-refractivity contribution is 7.19. The Bertz CT molecular complexity index is 3590. The first kappa shape index (κ1) is 41.5. The van der Waals surface area contributed by atoms with Gasteiger partial charge in [-0.25, -0.2) is 0 Å². The van der Waals surface area contributed by atoms with E-state index in [9.17, 15) is 0 Å². The fourth-order valence-electron chi connectivity index (χ4n) is 11.4. The summed E-state index contributed by atoms with van der Waals surface area (Å²) < 4.78 is 2.39. The molecule has 0 radical (unpaired) electrons. The summed E-state index contributed by atoms with van der Waals surface area (Å²) in [5.41, 5.74) is 15.4. The number of nitrogens with zero attached hydrogens (tertiary/aromatic N) is 2. The van der Waals surface area contributed by atoms with Gasteiger partial charge in [0, 0.05) is 56.4 Å². The Morgan fingerprint density at radius 1 is 0.429 bits per heavy atom. The van der Waals surface area contributed by atoms with Gasteiger partial charge in [-0.2, -0.15) is 0 Å². The van der Waals surface area contributed by atoms with Crippen molar-refractivity contribution in [3.05, 3.63) is 284 Å². The van der Waals surface area contributed by atoms with E-state index in [-0.39, 0.29) is 0 Å². The molecule has 0 saturated carbocycles. The van der Waals surface area contributed by atoms with Gasteiger partial charge in [-0.3, -0.25) is 0 Å². The fourth-order valence-corrected chi connectivity index (χ4v) is 16.1. The van der Waals surface area contributed by atoms with Gasteiger partial charge >= 0.3 is 0 Å². The van der Waals surface area contributed by atoms with Crippen molar-refractivity contribution in [2.75, 3.05) is 10.2 Å². The molecule has 0 spiro atoms. The molecular weight excluding hydrogens is 863 g/mol. The van der Waals surface area contributed by atoms with Crippen LogP contribution in [0.5, 0.6) is 0 Å². The second-order valence-corrected chi connectivity index (χ2v) is 22.3. The Balaban J connectivity index is 0.924. The molecule has 1 aromatic heterocycles. The number of para-hydroxylation sites is 3. The standard InChI is InChI=1S/C66H49N3Si/c1-4-19-55(20-5-1)70(56-21-6-2-7-22-56,57-23-8-3-9-24-57)58-42-40-53(41-43-58)68(52-36-38-54(39-37-52)69-65-29-14-11-26-60(65)61-27-12-15-30-66(61)69)51-34-31-47(32-35-51)48-33-44-64-62(46-48)50-18-16-17-49(45-50)59-25-10-13-28-63(59)67-64/h1-17,19-46,50,67H,18H2. The minimum atomic E-state index is -2.72. The van der Waals surface area contributed by atoms with Crippen LogP contribution >= 0.6 is 0 Å². The van der Waals surface area contributed by atoms with Crippen LogP contribution in [-0.2, 0) is 0 Å². The van der Waals surface area contributed by atoms with Crippen LogP contribution in [0.4, 0.5) is 28.4 Å². The third-order valence-corrected chi connectivity index (χ3v) is 19.4. The van der Waals surface area contributed by atoms with Crippen LogP contribution < -0.4 is 31.0 Å². The lowest BCUT2D eigenvalue weighted by Gasteiger charge is -2.35. The summed E-state index contributed by atoms with van der Waals surface area (Å²) >= 11 is 0. The van der Waals surface area contributed by atoms with Crippen LogP contribution in [0, 0.1) is 0 Å². The lowest BCUT2D eigenvalue weighted by Crippen LogP contribution is -2.74.